The van der Waals surface area contributed by atoms with Crippen molar-refractivity contribution in [2.24, 2.45) is 0 Å². The number of morpholine rings is 1. The molecule has 5 nitrogen and oxygen atoms in total. The zero-order valence-corrected chi connectivity index (χ0v) is 10.2. The summed E-state index contributed by atoms with van der Waals surface area (Å²) in [6.45, 7) is 1.63. The first kappa shape index (κ1) is 11.2. The standard InChI is InChI=1S/C10H9BrN2O3/c1-6-7(11)2-3-8(12-6)13-9(14)4-16-5-10(13)15/h2-3H,4-5H2,1H3. The fraction of sp³-hybridized carbons (Fsp3) is 0.300. The molecule has 0 aromatic carbocycles. The molecule has 2 rings (SSSR count). The van der Waals surface area contributed by atoms with Gasteiger partial charge in [-0.3, -0.25) is 9.59 Å². The third-order valence-electron chi connectivity index (χ3n) is 2.19. The molecule has 1 aromatic heterocycles. The molecule has 1 saturated heterocycles. The number of anilines is 1. The van der Waals surface area contributed by atoms with Crippen molar-refractivity contribution in [3.63, 3.8) is 0 Å². The first-order valence-electron chi connectivity index (χ1n) is 4.66. The van der Waals surface area contributed by atoms with E-state index in [1.807, 2.05) is 0 Å². The van der Waals surface area contributed by atoms with Crippen molar-refractivity contribution in [2.75, 3.05) is 18.1 Å². The van der Waals surface area contributed by atoms with Gasteiger partial charge in [0.15, 0.2) is 0 Å². The van der Waals surface area contributed by atoms with Gasteiger partial charge < -0.3 is 4.74 Å². The van der Waals surface area contributed by atoms with Gasteiger partial charge in [0.1, 0.15) is 19.0 Å². The third kappa shape index (κ3) is 1.98. The second-order valence-corrected chi connectivity index (χ2v) is 4.21. The van der Waals surface area contributed by atoms with Gasteiger partial charge in [0.05, 0.1) is 5.69 Å². The molecule has 0 atom stereocenters. The van der Waals surface area contributed by atoms with Crippen LogP contribution in [-0.4, -0.2) is 30.0 Å². The summed E-state index contributed by atoms with van der Waals surface area (Å²) in [6, 6.07) is 3.38. The highest BCUT2D eigenvalue weighted by atomic mass is 79.9. The number of nitrogens with zero attached hydrogens (tertiary/aromatic N) is 2. The van der Waals surface area contributed by atoms with Crippen LogP contribution in [0.2, 0.25) is 0 Å². The molecule has 1 aliphatic rings. The van der Waals surface area contributed by atoms with E-state index in [1.54, 1.807) is 19.1 Å². The largest absolute Gasteiger partial charge is 0.362 e. The number of imide groups is 1. The SMILES string of the molecule is Cc1nc(N2C(=O)COCC2=O)ccc1Br. The van der Waals surface area contributed by atoms with Crippen LogP contribution < -0.4 is 4.90 Å². The highest BCUT2D eigenvalue weighted by Crippen LogP contribution is 2.20. The van der Waals surface area contributed by atoms with Crippen LogP contribution in [0.5, 0.6) is 0 Å². The van der Waals surface area contributed by atoms with Gasteiger partial charge in [-0.2, -0.15) is 0 Å². The Labute approximate surface area is 101 Å². The molecule has 0 N–H and O–H groups in total. The number of amides is 2. The summed E-state index contributed by atoms with van der Waals surface area (Å²) < 4.78 is 5.66. The summed E-state index contributed by atoms with van der Waals surface area (Å²) in [7, 11) is 0. The predicted molar refractivity (Wildman–Crippen MR) is 60.0 cm³/mol. The van der Waals surface area contributed by atoms with Crippen molar-refractivity contribution >= 4 is 33.6 Å². The van der Waals surface area contributed by atoms with Crippen molar-refractivity contribution in [2.45, 2.75) is 6.92 Å². The number of rotatable bonds is 1. The van der Waals surface area contributed by atoms with E-state index in [1.165, 1.54) is 0 Å². The summed E-state index contributed by atoms with van der Waals surface area (Å²) in [5, 5.41) is 0. The highest BCUT2D eigenvalue weighted by Gasteiger charge is 2.29. The minimum atomic E-state index is -0.384. The summed E-state index contributed by atoms with van der Waals surface area (Å²) in [6.07, 6.45) is 0. The topological polar surface area (TPSA) is 59.5 Å². The lowest BCUT2D eigenvalue weighted by molar-refractivity contribution is -0.138. The van der Waals surface area contributed by atoms with Gasteiger partial charge in [-0.1, -0.05) is 0 Å². The van der Waals surface area contributed by atoms with Gasteiger partial charge in [-0.05, 0) is 35.0 Å². The molecular formula is C10H9BrN2O3. The molecule has 1 fully saturated rings. The lowest BCUT2D eigenvalue weighted by Crippen LogP contribution is -2.46. The molecule has 0 radical (unpaired) electrons. The fourth-order valence-corrected chi connectivity index (χ4v) is 1.63. The number of halogens is 1. The Morgan fingerprint density at radius 1 is 1.31 bits per heavy atom. The van der Waals surface area contributed by atoms with Gasteiger partial charge in [-0.25, -0.2) is 9.88 Å². The van der Waals surface area contributed by atoms with Crippen molar-refractivity contribution in [3.8, 4) is 0 Å². The Kier molecular flexibility index (Phi) is 3.02. The zero-order valence-electron chi connectivity index (χ0n) is 8.57. The molecular weight excluding hydrogens is 276 g/mol. The Balaban J connectivity index is 2.38. The summed E-state index contributed by atoms with van der Waals surface area (Å²) in [5.74, 6) is -0.421. The Morgan fingerprint density at radius 2 is 1.94 bits per heavy atom. The van der Waals surface area contributed by atoms with Crippen molar-refractivity contribution in [1.82, 2.24) is 4.98 Å². The fourth-order valence-electron chi connectivity index (χ4n) is 1.40. The lowest BCUT2D eigenvalue weighted by Gasteiger charge is -2.24. The zero-order chi connectivity index (χ0) is 11.7. The number of carbonyl (C=O) groups is 2. The Morgan fingerprint density at radius 3 is 2.50 bits per heavy atom. The number of pyridine rings is 1. The summed E-state index contributed by atoms with van der Waals surface area (Å²) in [5.41, 5.74) is 0.726. The molecule has 0 saturated carbocycles. The van der Waals surface area contributed by atoms with Crippen LogP contribution in [0.1, 0.15) is 5.69 Å². The van der Waals surface area contributed by atoms with Crippen LogP contribution >= 0.6 is 15.9 Å². The number of aryl methyl sites for hydroxylation is 1. The molecule has 84 valence electrons. The van der Waals surface area contributed by atoms with Crippen LogP contribution in [0.3, 0.4) is 0 Å². The van der Waals surface area contributed by atoms with Crippen molar-refractivity contribution < 1.29 is 14.3 Å². The van der Waals surface area contributed by atoms with Crippen LogP contribution in [0.4, 0.5) is 5.82 Å². The van der Waals surface area contributed by atoms with Gasteiger partial charge in [0.25, 0.3) is 11.8 Å². The highest BCUT2D eigenvalue weighted by molar-refractivity contribution is 9.10. The van der Waals surface area contributed by atoms with Crippen molar-refractivity contribution in [1.29, 1.82) is 0 Å². The molecule has 1 aromatic rings. The van der Waals surface area contributed by atoms with Gasteiger partial charge >= 0.3 is 0 Å². The number of hydrogen-bond donors (Lipinski definition) is 0. The van der Waals surface area contributed by atoms with Gasteiger partial charge in [-0.15, -0.1) is 0 Å². The normalized spacial score (nSPS) is 16.8. The maximum Gasteiger partial charge on any atom is 0.261 e. The van der Waals surface area contributed by atoms with Crippen molar-refractivity contribution in [3.05, 3.63) is 22.3 Å². The number of ether oxygens (including phenoxy) is 1. The quantitative estimate of drug-likeness (QED) is 0.723. The van der Waals surface area contributed by atoms with Crippen LogP contribution in [-0.2, 0) is 14.3 Å². The second-order valence-electron chi connectivity index (χ2n) is 3.35. The first-order chi connectivity index (χ1) is 7.59. The van der Waals surface area contributed by atoms with E-state index < -0.39 is 0 Å². The minimum Gasteiger partial charge on any atom is -0.362 e. The van der Waals surface area contributed by atoms with E-state index >= 15 is 0 Å². The molecule has 0 aliphatic carbocycles. The molecule has 1 aliphatic heterocycles. The Hall–Kier alpha value is -1.27. The molecule has 6 heteroatoms. The first-order valence-corrected chi connectivity index (χ1v) is 5.45. The average Bonchev–Trinajstić information content (AvgIpc) is 2.23. The molecule has 2 amide bonds. The van der Waals surface area contributed by atoms with Crippen LogP contribution in [0.25, 0.3) is 0 Å². The monoisotopic (exact) mass is 284 g/mol. The van der Waals surface area contributed by atoms with E-state index in [0.717, 1.165) is 15.1 Å². The minimum absolute atomic E-state index is 0.0808. The van der Waals surface area contributed by atoms with Crippen LogP contribution in [0.15, 0.2) is 16.6 Å². The number of carbonyl (C=O) groups excluding carboxylic acids is 2. The van der Waals surface area contributed by atoms with E-state index in [-0.39, 0.29) is 25.0 Å². The van der Waals surface area contributed by atoms with E-state index in [9.17, 15) is 9.59 Å². The smallest absolute Gasteiger partial charge is 0.261 e. The van der Waals surface area contributed by atoms with E-state index in [2.05, 4.69) is 20.9 Å². The molecule has 2 heterocycles. The second kappa shape index (κ2) is 4.31. The van der Waals surface area contributed by atoms with E-state index in [4.69, 9.17) is 4.74 Å². The lowest BCUT2D eigenvalue weighted by atomic mass is 10.3. The third-order valence-corrected chi connectivity index (χ3v) is 3.02. The average molecular weight is 285 g/mol. The van der Waals surface area contributed by atoms with Gasteiger partial charge in [0, 0.05) is 4.47 Å². The Bertz CT molecular complexity index is 445. The maximum absolute atomic E-state index is 11.5. The molecule has 0 unspecified atom stereocenters. The molecule has 0 spiro atoms. The van der Waals surface area contributed by atoms with Crippen LogP contribution in [0, 0.1) is 6.92 Å². The summed E-state index contributed by atoms with van der Waals surface area (Å²) >= 11 is 3.31. The molecule has 0 bridgehead atoms. The molecule has 16 heavy (non-hydrogen) atoms. The summed E-state index contributed by atoms with van der Waals surface area (Å²) in [4.78, 5) is 28.3. The predicted octanol–water partition coefficient (Wildman–Crippen LogP) is 1.04. The number of hydrogen-bond acceptors (Lipinski definition) is 4. The van der Waals surface area contributed by atoms with Gasteiger partial charge in [0.2, 0.25) is 0 Å². The number of aromatic nitrogens is 1. The maximum atomic E-state index is 11.5. The van der Waals surface area contributed by atoms with E-state index in [0.29, 0.717) is 5.82 Å².